The molecular formula is C28H33F2N5O4S. The van der Waals surface area contributed by atoms with E-state index in [1.165, 1.54) is 0 Å². The molecule has 2 amide bonds. The van der Waals surface area contributed by atoms with Gasteiger partial charge in [0.25, 0.3) is 6.43 Å². The highest BCUT2D eigenvalue weighted by Gasteiger charge is 2.57. The van der Waals surface area contributed by atoms with E-state index in [-0.39, 0.29) is 6.04 Å². The van der Waals surface area contributed by atoms with Crippen LogP contribution in [0.4, 0.5) is 25.1 Å². The summed E-state index contributed by atoms with van der Waals surface area (Å²) in [6.07, 6.45) is -0.623. The first-order valence-corrected chi connectivity index (χ1v) is 14.8. The smallest absolute Gasteiger partial charge is 0.319 e. The Morgan fingerprint density at radius 2 is 1.88 bits per heavy atom. The predicted octanol–water partition coefficient (Wildman–Crippen LogP) is 5.94. The van der Waals surface area contributed by atoms with Gasteiger partial charge in [0.05, 0.1) is 36.4 Å². The van der Waals surface area contributed by atoms with Gasteiger partial charge >= 0.3 is 6.03 Å². The lowest BCUT2D eigenvalue weighted by atomic mass is 10.1. The van der Waals surface area contributed by atoms with Gasteiger partial charge in [-0.15, -0.1) is 0 Å². The average molecular weight is 574 g/mol. The van der Waals surface area contributed by atoms with Crippen molar-refractivity contribution in [2.45, 2.75) is 48.3 Å². The van der Waals surface area contributed by atoms with Crippen molar-refractivity contribution < 1.29 is 27.4 Å². The summed E-state index contributed by atoms with van der Waals surface area (Å²) in [5.74, 6) is 1.11. The molecule has 2 aromatic carbocycles. The Kier molecular flexibility index (Phi) is 8.22. The lowest BCUT2D eigenvalue weighted by Crippen LogP contribution is -2.45. The number of alkyl halides is 2. The van der Waals surface area contributed by atoms with Crippen LogP contribution in [0.2, 0.25) is 0 Å². The first-order chi connectivity index (χ1) is 19.2. The molecule has 0 radical (unpaired) electrons. The van der Waals surface area contributed by atoms with Crippen LogP contribution in [0.5, 0.6) is 0 Å². The van der Waals surface area contributed by atoms with Gasteiger partial charge < -0.3 is 20.3 Å². The molecule has 0 spiro atoms. The number of urea groups is 1. The summed E-state index contributed by atoms with van der Waals surface area (Å²) in [6.45, 7) is 3.13. The van der Waals surface area contributed by atoms with Crippen molar-refractivity contribution in [3.63, 3.8) is 0 Å². The van der Waals surface area contributed by atoms with E-state index in [9.17, 15) is 22.7 Å². The molecule has 1 aromatic heterocycles. The molecule has 3 aromatic rings. The standard InChI is InChI=1S/C28H33F2N5O4S/c1-2-21-18-39-15-14-35(21)25-16-23(28(12-13-28)40(37,38)22-6-4-3-5-7-22)33-26(34-25)19-8-10-20(11-9-19)32-27(36)31-17-24(29)30/h3-11,16,21,24,37-38H,2,12-15,17-18H2,1H3,(H2,31,32,36)/t21-/m0/s1. The SMILES string of the molecule is CC[C@H]1COCCN1c1cc(C2(S(O)(O)c3ccccc3)CC2)nc(-c2ccc(NC(=O)NCC(F)F)cc2)n1. The predicted molar refractivity (Wildman–Crippen MR) is 151 cm³/mol. The van der Waals surface area contributed by atoms with E-state index in [1.54, 1.807) is 48.5 Å². The third kappa shape index (κ3) is 5.75. The van der Waals surface area contributed by atoms with Gasteiger partial charge in [0.1, 0.15) is 10.6 Å². The third-order valence-electron chi connectivity index (χ3n) is 7.31. The van der Waals surface area contributed by atoms with Crippen LogP contribution in [0.3, 0.4) is 0 Å². The Labute approximate surface area is 233 Å². The lowest BCUT2D eigenvalue weighted by Gasteiger charge is -2.41. The van der Waals surface area contributed by atoms with Crippen molar-refractivity contribution in [2.75, 3.05) is 36.5 Å². The summed E-state index contributed by atoms with van der Waals surface area (Å²) < 4.78 is 52.6. The molecule has 2 fully saturated rings. The van der Waals surface area contributed by atoms with Crippen molar-refractivity contribution in [3.8, 4) is 11.4 Å². The van der Waals surface area contributed by atoms with E-state index < -0.39 is 34.3 Å². The Morgan fingerprint density at radius 1 is 1.15 bits per heavy atom. The first-order valence-electron chi connectivity index (χ1n) is 13.2. The topological polar surface area (TPSA) is 120 Å². The van der Waals surface area contributed by atoms with E-state index in [0.29, 0.717) is 66.1 Å². The molecule has 214 valence electrons. The molecule has 1 atom stereocenters. The third-order valence-corrected chi connectivity index (χ3v) is 9.95. The van der Waals surface area contributed by atoms with Crippen molar-refractivity contribution in [3.05, 3.63) is 66.4 Å². The molecule has 1 aliphatic heterocycles. The number of morpholine rings is 1. The number of carbonyl (C=O) groups excluding carboxylic acids is 1. The molecule has 1 saturated carbocycles. The molecule has 40 heavy (non-hydrogen) atoms. The van der Waals surface area contributed by atoms with Crippen LogP contribution >= 0.6 is 10.6 Å². The zero-order valence-electron chi connectivity index (χ0n) is 22.1. The van der Waals surface area contributed by atoms with Gasteiger partial charge in [0.2, 0.25) is 0 Å². The molecule has 12 heteroatoms. The highest BCUT2D eigenvalue weighted by molar-refractivity contribution is 8.25. The van der Waals surface area contributed by atoms with Gasteiger partial charge in [0, 0.05) is 23.9 Å². The highest BCUT2D eigenvalue weighted by Crippen LogP contribution is 2.75. The normalized spacial score (nSPS) is 18.9. The van der Waals surface area contributed by atoms with E-state index in [1.807, 2.05) is 12.1 Å². The first kappa shape index (κ1) is 28.2. The molecule has 9 nitrogen and oxygen atoms in total. The minimum absolute atomic E-state index is 0.118. The van der Waals surface area contributed by atoms with Crippen LogP contribution < -0.4 is 15.5 Å². The number of ether oxygens (including phenoxy) is 1. The number of anilines is 2. The molecule has 2 aliphatic rings. The monoisotopic (exact) mass is 573 g/mol. The fraction of sp³-hybridized carbons (Fsp3) is 0.393. The maximum absolute atomic E-state index is 12.4. The second kappa shape index (κ2) is 11.7. The number of hydrogen-bond acceptors (Lipinski definition) is 7. The molecule has 0 bridgehead atoms. The number of nitrogens with zero attached hydrogens (tertiary/aromatic N) is 3. The molecular weight excluding hydrogens is 540 g/mol. The van der Waals surface area contributed by atoms with Crippen molar-refractivity contribution >= 4 is 28.1 Å². The van der Waals surface area contributed by atoms with Gasteiger partial charge in [-0.25, -0.2) is 23.5 Å². The van der Waals surface area contributed by atoms with E-state index in [2.05, 4.69) is 22.5 Å². The minimum Gasteiger partial charge on any atom is -0.377 e. The Hall–Kier alpha value is -3.32. The summed E-state index contributed by atoms with van der Waals surface area (Å²) in [5.41, 5.74) is 1.66. The zero-order valence-corrected chi connectivity index (χ0v) is 22.9. The summed E-state index contributed by atoms with van der Waals surface area (Å²) >= 11 is 0. The quantitative estimate of drug-likeness (QED) is 0.250. The Balaban J connectivity index is 1.51. The van der Waals surface area contributed by atoms with Crippen molar-refractivity contribution in [2.24, 2.45) is 0 Å². The van der Waals surface area contributed by atoms with Crippen LogP contribution in [0.25, 0.3) is 11.4 Å². The number of hydrogen-bond donors (Lipinski definition) is 4. The van der Waals surface area contributed by atoms with E-state index in [0.717, 1.165) is 6.42 Å². The molecule has 0 unspecified atom stereocenters. The van der Waals surface area contributed by atoms with Crippen LogP contribution in [0.15, 0.2) is 65.6 Å². The molecule has 1 aliphatic carbocycles. The maximum atomic E-state index is 12.4. The summed E-state index contributed by atoms with van der Waals surface area (Å²) in [7, 11) is -3.22. The molecule has 4 N–H and O–H groups in total. The summed E-state index contributed by atoms with van der Waals surface area (Å²) in [5, 5.41) is 4.63. The zero-order chi connectivity index (χ0) is 28.3. The van der Waals surface area contributed by atoms with E-state index >= 15 is 0 Å². The Morgan fingerprint density at radius 3 is 2.52 bits per heavy atom. The number of amides is 2. The van der Waals surface area contributed by atoms with Crippen LogP contribution in [0, 0.1) is 0 Å². The largest absolute Gasteiger partial charge is 0.377 e. The van der Waals surface area contributed by atoms with E-state index in [4.69, 9.17) is 14.7 Å². The number of nitrogens with one attached hydrogen (secondary N) is 2. The van der Waals surface area contributed by atoms with Gasteiger partial charge in [0.15, 0.2) is 5.82 Å². The Bertz CT molecular complexity index is 1330. The fourth-order valence-corrected chi connectivity index (χ4v) is 6.98. The van der Waals surface area contributed by atoms with Crippen LogP contribution in [0.1, 0.15) is 31.9 Å². The minimum atomic E-state index is -3.22. The fourth-order valence-electron chi connectivity index (χ4n) is 4.92. The van der Waals surface area contributed by atoms with Crippen molar-refractivity contribution in [1.29, 1.82) is 0 Å². The highest BCUT2D eigenvalue weighted by atomic mass is 32.3. The van der Waals surface area contributed by atoms with Gasteiger partial charge in [-0.1, -0.05) is 25.1 Å². The van der Waals surface area contributed by atoms with Gasteiger partial charge in [-0.3, -0.25) is 9.11 Å². The summed E-state index contributed by atoms with van der Waals surface area (Å²) in [6, 6.07) is 16.9. The summed E-state index contributed by atoms with van der Waals surface area (Å²) in [4.78, 5) is 24.3. The van der Waals surface area contributed by atoms with Crippen LogP contribution in [-0.4, -0.2) is 63.9 Å². The lowest BCUT2D eigenvalue weighted by molar-refractivity contribution is 0.0925. The molecule has 1 saturated heterocycles. The second-order valence-electron chi connectivity index (χ2n) is 9.93. The number of carbonyl (C=O) groups is 1. The number of rotatable bonds is 9. The number of aromatic nitrogens is 2. The number of benzene rings is 2. The molecule has 2 heterocycles. The van der Waals surface area contributed by atoms with Crippen molar-refractivity contribution in [1.82, 2.24) is 15.3 Å². The van der Waals surface area contributed by atoms with Crippen LogP contribution in [-0.2, 0) is 9.48 Å². The second-order valence-corrected chi connectivity index (χ2v) is 12.3. The average Bonchev–Trinajstić information content (AvgIpc) is 3.80. The van der Waals surface area contributed by atoms with Gasteiger partial charge in [-0.05, 0) is 55.7 Å². The van der Waals surface area contributed by atoms with Gasteiger partial charge in [-0.2, -0.15) is 10.6 Å². The molecule has 5 rings (SSSR count). The number of halogens is 2. The maximum Gasteiger partial charge on any atom is 0.319 e.